The van der Waals surface area contributed by atoms with Gasteiger partial charge in [-0.15, -0.1) is 0 Å². The number of carbonyl (C=O) groups excluding carboxylic acids is 5. The molecule has 51 heavy (non-hydrogen) atoms. The number of amides is 2. The first-order valence-electron chi connectivity index (χ1n) is 15.2. The summed E-state index contributed by atoms with van der Waals surface area (Å²) in [6.07, 6.45) is -0.206. The molecule has 0 heterocycles. The van der Waals surface area contributed by atoms with E-state index in [1.165, 1.54) is 54.2 Å². The molecule has 0 saturated carbocycles. The van der Waals surface area contributed by atoms with Crippen molar-refractivity contribution in [2.45, 2.75) is 19.4 Å². The molecule has 2 atom stereocenters. The van der Waals surface area contributed by atoms with Gasteiger partial charge in [-0.3, -0.25) is 38.9 Å². The van der Waals surface area contributed by atoms with Crippen LogP contribution in [-0.2, 0) is 52.8 Å². The lowest BCUT2D eigenvalue weighted by molar-refractivity contribution is -0.385. The number of nitro benzene ring substituents is 1. The maximum atomic E-state index is 12.5. The number of carbonyl (C=O) groups is 6. The van der Waals surface area contributed by atoms with Crippen molar-refractivity contribution in [1.29, 1.82) is 0 Å². The minimum Gasteiger partial charge on any atom is -0.481 e. The zero-order valence-corrected chi connectivity index (χ0v) is 29.0. The zero-order valence-electron chi connectivity index (χ0n) is 29.0. The predicted octanol–water partition coefficient (Wildman–Crippen LogP) is 2.76. The number of esters is 3. The third-order valence-corrected chi connectivity index (χ3v) is 7.31. The molecule has 16 heteroatoms. The summed E-state index contributed by atoms with van der Waals surface area (Å²) in [4.78, 5) is 84.7. The number of nitrogen functional groups attached to an aromatic ring is 1. The van der Waals surface area contributed by atoms with E-state index in [9.17, 15) is 38.9 Å². The molecule has 272 valence electrons. The van der Waals surface area contributed by atoms with E-state index in [1.54, 1.807) is 44.4 Å². The highest BCUT2D eigenvalue weighted by Gasteiger charge is 2.31. The highest BCUT2D eigenvalue weighted by Crippen LogP contribution is 2.24. The van der Waals surface area contributed by atoms with Crippen molar-refractivity contribution in [3.05, 3.63) is 105 Å². The second kappa shape index (κ2) is 19.0. The van der Waals surface area contributed by atoms with Crippen LogP contribution in [0.25, 0.3) is 0 Å². The van der Waals surface area contributed by atoms with Crippen molar-refractivity contribution >= 4 is 47.1 Å². The predicted molar refractivity (Wildman–Crippen MR) is 182 cm³/mol. The third kappa shape index (κ3) is 11.7. The topological polar surface area (TPSA) is 226 Å². The van der Waals surface area contributed by atoms with E-state index >= 15 is 0 Å². The van der Waals surface area contributed by atoms with Crippen molar-refractivity contribution in [2.75, 3.05) is 48.1 Å². The maximum Gasteiger partial charge on any atom is 0.321 e. The molecule has 16 nitrogen and oxygen atoms in total. The number of nitrogens with two attached hydrogens (primary N) is 1. The Morgan fingerprint density at radius 3 is 1.73 bits per heavy atom. The van der Waals surface area contributed by atoms with Crippen LogP contribution in [0.4, 0.5) is 11.4 Å². The lowest BCUT2D eigenvalue weighted by Crippen LogP contribution is -2.29. The Bertz CT molecular complexity index is 1760. The van der Waals surface area contributed by atoms with Crippen molar-refractivity contribution in [3.8, 4) is 0 Å². The Labute approximate surface area is 293 Å². The molecule has 3 N–H and O–H groups in total. The first kappa shape index (κ1) is 40.9. The van der Waals surface area contributed by atoms with Gasteiger partial charge in [-0.05, 0) is 47.7 Å². The van der Waals surface area contributed by atoms with Crippen LogP contribution in [0.2, 0.25) is 0 Å². The quantitative estimate of drug-likeness (QED) is 0.0651. The Balaban J connectivity index is 0.000000377. The lowest BCUT2D eigenvalue weighted by atomic mass is 9.97. The van der Waals surface area contributed by atoms with Gasteiger partial charge in [0.15, 0.2) is 11.8 Å². The van der Waals surface area contributed by atoms with Gasteiger partial charge >= 0.3 is 23.9 Å². The summed E-state index contributed by atoms with van der Waals surface area (Å²) in [5, 5.41) is 20.3. The van der Waals surface area contributed by atoms with Gasteiger partial charge in [0.05, 0.1) is 24.7 Å². The van der Waals surface area contributed by atoms with Gasteiger partial charge in [-0.2, -0.15) is 0 Å². The number of rotatable bonds is 13. The summed E-state index contributed by atoms with van der Waals surface area (Å²) in [6, 6.07) is 17.4. The molecular weight excluding hydrogens is 668 g/mol. The molecule has 0 aliphatic heterocycles. The summed E-state index contributed by atoms with van der Waals surface area (Å²) in [5.41, 5.74) is 7.48. The van der Waals surface area contributed by atoms with E-state index in [0.717, 1.165) is 19.8 Å². The molecule has 0 aliphatic rings. The standard InChI is InChI=1S/C21H22N2O7.C14H18N2O5/c1-22(2)19(24)16-11-15(9-10-18(16)23(27)28)12-17(20(25)29-3)21(26)30-13-14-7-5-4-6-8-14;1-16(2)12(17)9-6-8(4-5-11(9)15)7-10(13(18)19)14(20)21-3/h4-11,17H,12-13H2,1-3H3;4-6,10H,7,15H2,1-3H3,(H,18,19). The van der Waals surface area contributed by atoms with Crippen LogP contribution in [-0.4, -0.2) is 97.9 Å². The van der Waals surface area contributed by atoms with Gasteiger partial charge in [0.1, 0.15) is 12.2 Å². The molecule has 2 amide bonds. The smallest absolute Gasteiger partial charge is 0.321 e. The molecule has 3 aromatic carbocycles. The number of benzene rings is 3. The van der Waals surface area contributed by atoms with Crippen LogP contribution in [0.15, 0.2) is 66.7 Å². The van der Waals surface area contributed by atoms with Crippen molar-refractivity contribution in [1.82, 2.24) is 9.80 Å². The van der Waals surface area contributed by atoms with E-state index in [0.29, 0.717) is 16.8 Å². The number of nitro groups is 1. The van der Waals surface area contributed by atoms with Crippen LogP contribution in [0.3, 0.4) is 0 Å². The number of nitrogens with zero attached hydrogens (tertiary/aromatic N) is 3. The number of anilines is 1. The third-order valence-electron chi connectivity index (χ3n) is 7.31. The molecule has 2 unspecified atom stereocenters. The average Bonchev–Trinajstić information content (AvgIpc) is 3.11. The summed E-state index contributed by atoms with van der Waals surface area (Å²) in [6.45, 7) is -0.0161. The van der Waals surface area contributed by atoms with E-state index in [1.807, 2.05) is 6.07 Å². The van der Waals surface area contributed by atoms with E-state index in [-0.39, 0.29) is 42.2 Å². The van der Waals surface area contributed by atoms with Gasteiger partial charge in [0.2, 0.25) is 0 Å². The monoisotopic (exact) mass is 708 g/mol. The Hall–Kier alpha value is -6.32. The van der Waals surface area contributed by atoms with Crippen LogP contribution < -0.4 is 5.73 Å². The maximum absolute atomic E-state index is 12.5. The number of carboxylic acid groups (broad SMARTS) is 1. The van der Waals surface area contributed by atoms with Gasteiger partial charge in [-0.25, -0.2) is 0 Å². The zero-order chi connectivity index (χ0) is 38.4. The summed E-state index contributed by atoms with van der Waals surface area (Å²) in [5.74, 6) is -7.15. The normalized spacial score (nSPS) is 11.4. The number of methoxy groups -OCH3 is 2. The van der Waals surface area contributed by atoms with Crippen LogP contribution in [0.5, 0.6) is 0 Å². The molecule has 0 radical (unpaired) electrons. The largest absolute Gasteiger partial charge is 0.481 e. The number of hydrogen-bond donors (Lipinski definition) is 2. The van der Waals surface area contributed by atoms with Crippen molar-refractivity contribution in [3.63, 3.8) is 0 Å². The number of ether oxygens (including phenoxy) is 3. The molecule has 0 aromatic heterocycles. The lowest BCUT2D eigenvalue weighted by Gasteiger charge is -2.16. The fourth-order valence-electron chi connectivity index (χ4n) is 4.56. The Kier molecular flexibility index (Phi) is 15.2. The fourth-order valence-corrected chi connectivity index (χ4v) is 4.56. The summed E-state index contributed by atoms with van der Waals surface area (Å²) < 4.78 is 14.4. The van der Waals surface area contributed by atoms with Crippen LogP contribution in [0, 0.1) is 22.0 Å². The van der Waals surface area contributed by atoms with Crippen LogP contribution >= 0.6 is 0 Å². The molecular formula is C35H40N4O12. The van der Waals surface area contributed by atoms with Gasteiger partial charge < -0.3 is 34.9 Å². The highest BCUT2D eigenvalue weighted by molar-refractivity contribution is 6.00. The highest BCUT2D eigenvalue weighted by atomic mass is 16.6. The SMILES string of the molecule is COC(=O)C(Cc1ccc(N)c(C(=O)N(C)C)c1)C(=O)O.COC(=O)C(Cc1ccc([N+](=O)[O-])c(C(=O)N(C)C)c1)C(=O)OCc1ccccc1. The molecule has 0 spiro atoms. The number of aliphatic carboxylic acids is 1. The van der Waals surface area contributed by atoms with Gasteiger partial charge in [0.25, 0.3) is 17.5 Å². The summed E-state index contributed by atoms with van der Waals surface area (Å²) in [7, 11) is 8.39. The van der Waals surface area contributed by atoms with Crippen LogP contribution in [0.1, 0.15) is 37.4 Å². The van der Waals surface area contributed by atoms with E-state index in [4.69, 9.17) is 20.3 Å². The first-order valence-corrected chi connectivity index (χ1v) is 15.2. The molecule has 0 aliphatic carbocycles. The number of hydrogen-bond acceptors (Lipinski definition) is 12. The molecule has 0 bridgehead atoms. The Morgan fingerprint density at radius 2 is 1.22 bits per heavy atom. The van der Waals surface area contributed by atoms with E-state index in [2.05, 4.69) is 4.74 Å². The number of carboxylic acids is 1. The fraction of sp³-hybridized carbons (Fsp3) is 0.314. The molecule has 0 saturated heterocycles. The molecule has 3 rings (SSSR count). The first-order chi connectivity index (χ1) is 24.0. The average molecular weight is 709 g/mol. The molecule has 3 aromatic rings. The molecule has 0 fully saturated rings. The summed E-state index contributed by atoms with van der Waals surface area (Å²) >= 11 is 0. The second-order valence-corrected chi connectivity index (χ2v) is 11.4. The minimum absolute atomic E-state index is 0.0161. The second-order valence-electron chi connectivity index (χ2n) is 11.4. The van der Waals surface area contributed by atoms with Gasteiger partial charge in [0, 0.05) is 39.9 Å². The Morgan fingerprint density at radius 1 is 0.725 bits per heavy atom. The van der Waals surface area contributed by atoms with Crippen molar-refractivity contribution < 1.29 is 53.0 Å². The minimum atomic E-state index is -1.32. The van der Waals surface area contributed by atoms with Crippen molar-refractivity contribution in [2.24, 2.45) is 11.8 Å². The van der Waals surface area contributed by atoms with Gasteiger partial charge in [-0.1, -0.05) is 42.5 Å². The van der Waals surface area contributed by atoms with E-state index < -0.39 is 46.5 Å².